The SMILES string of the molecule is Cc1cc(F)c(Br)cc1NC(=O)c1cc(Cl)ccc1NN. The van der Waals surface area contributed by atoms with Crippen LogP contribution in [0.1, 0.15) is 15.9 Å². The number of nitrogen functional groups attached to an aromatic ring is 1. The van der Waals surface area contributed by atoms with Crippen molar-refractivity contribution in [3.05, 3.63) is 56.8 Å². The summed E-state index contributed by atoms with van der Waals surface area (Å²) in [5.41, 5.74) is 4.27. The number of halogens is 3. The average molecular weight is 373 g/mol. The number of amides is 1. The van der Waals surface area contributed by atoms with Gasteiger partial charge in [0.2, 0.25) is 0 Å². The quantitative estimate of drug-likeness (QED) is 0.561. The minimum atomic E-state index is -0.396. The van der Waals surface area contributed by atoms with Gasteiger partial charge in [-0.1, -0.05) is 11.6 Å². The summed E-state index contributed by atoms with van der Waals surface area (Å²) in [7, 11) is 0. The number of hydrogen-bond acceptors (Lipinski definition) is 3. The van der Waals surface area contributed by atoms with Crippen molar-refractivity contribution in [3.63, 3.8) is 0 Å². The Hall–Kier alpha value is -1.63. The number of nitrogens with one attached hydrogen (secondary N) is 2. The van der Waals surface area contributed by atoms with Crippen LogP contribution in [0, 0.1) is 12.7 Å². The maximum absolute atomic E-state index is 13.4. The molecule has 0 saturated heterocycles. The molecule has 0 aliphatic heterocycles. The molecule has 1 amide bonds. The summed E-state index contributed by atoms with van der Waals surface area (Å²) in [5.74, 6) is 4.59. The number of aryl methyl sites for hydroxylation is 1. The molecule has 4 nitrogen and oxygen atoms in total. The van der Waals surface area contributed by atoms with Gasteiger partial charge in [-0.05, 0) is 58.7 Å². The van der Waals surface area contributed by atoms with Crippen LogP contribution in [0.25, 0.3) is 0 Å². The highest BCUT2D eigenvalue weighted by molar-refractivity contribution is 9.10. The van der Waals surface area contributed by atoms with Gasteiger partial charge in [-0.15, -0.1) is 0 Å². The summed E-state index contributed by atoms with van der Waals surface area (Å²) in [6, 6.07) is 7.56. The lowest BCUT2D eigenvalue weighted by Crippen LogP contribution is -2.17. The molecular formula is C14H12BrClFN3O. The Morgan fingerprint density at radius 3 is 2.67 bits per heavy atom. The molecule has 7 heteroatoms. The van der Waals surface area contributed by atoms with Crippen LogP contribution in [0.4, 0.5) is 15.8 Å². The van der Waals surface area contributed by atoms with E-state index in [1.165, 1.54) is 18.2 Å². The summed E-state index contributed by atoms with van der Waals surface area (Å²) in [5, 5.41) is 3.12. The Bertz CT molecular complexity index is 709. The zero-order chi connectivity index (χ0) is 15.6. The lowest BCUT2D eigenvalue weighted by atomic mass is 10.1. The Morgan fingerprint density at radius 2 is 2.00 bits per heavy atom. The van der Waals surface area contributed by atoms with Gasteiger partial charge in [0, 0.05) is 10.7 Å². The van der Waals surface area contributed by atoms with E-state index in [1.54, 1.807) is 19.1 Å². The Labute approximate surface area is 134 Å². The maximum Gasteiger partial charge on any atom is 0.257 e. The topological polar surface area (TPSA) is 67.2 Å². The fraction of sp³-hybridized carbons (Fsp3) is 0.0714. The molecule has 0 aromatic heterocycles. The predicted molar refractivity (Wildman–Crippen MR) is 86.1 cm³/mol. The molecule has 0 unspecified atom stereocenters. The van der Waals surface area contributed by atoms with Gasteiger partial charge in [0.1, 0.15) is 5.82 Å². The molecule has 0 aliphatic rings. The smallest absolute Gasteiger partial charge is 0.257 e. The lowest BCUT2D eigenvalue weighted by Gasteiger charge is -2.12. The number of benzene rings is 2. The molecule has 0 aliphatic carbocycles. The first kappa shape index (κ1) is 15.8. The Kier molecular flexibility index (Phi) is 4.82. The molecule has 4 N–H and O–H groups in total. The normalized spacial score (nSPS) is 10.3. The van der Waals surface area contributed by atoms with E-state index in [0.29, 0.717) is 27.5 Å². The number of anilines is 2. The number of carbonyl (C=O) groups excluding carboxylic acids is 1. The minimum Gasteiger partial charge on any atom is -0.323 e. The molecular weight excluding hydrogens is 361 g/mol. The molecule has 0 fully saturated rings. The zero-order valence-electron chi connectivity index (χ0n) is 11.0. The highest BCUT2D eigenvalue weighted by atomic mass is 79.9. The molecule has 2 rings (SSSR count). The van der Waals surface area contributed by atoms with Crippen molar-refractivity contribution in [1.82, 2.24) is 0 Å². The summed E-state index contributed by atoms with van der Waals surface area (Å²) >= 11 is 8.98. The van der Waals surface area contributed by atoms with Crippen LogP contribution < -0.4 is 16.6 Å². The van der Waals surface area contributed by atoms with Crippen molar-refractivity contribution < 1.29 is 9.18 Å². The molecule has 0 radical (unpaired) electrons. The molecule has 0 spiro atoms. The van der Waals surface area contributed by atoms with Crippen LogP contribution in [0.5, 0.6) is 0 Å². The van der Waals surface area contributed by atoms with Gasteiger partial charge in [0.05, 0.1) is 15.7 Å². The largest absolute Gasteiger partial charge is 0.323 e. The zero-order valence-corrected chi connectivity index (χ0v) is 13.3. The Morgan fingerprint density at radius 1 is 1.29 bits per heavy atom. The Balaban J connectivity index is 2.34. The molecule has 2 aromatic rings. The molecule has 0 saturated carbocycles. The van der Waals surface area contributed by atoms with Crippen LogP contribution in [-0.4, -0.2) is 5.91 Å². The highest BCUT2D eigenvalue weighted by Crippen LogP contribution is 2.26. The number of nitrogens with two attached hydrogens (primary N) is 1. The first-order chi connectivity index (χ1) is 9.92. The molecule has 21 heavy (non-hydrogen) atoms. The van der Waals surface area contributed by atoms with E-state index < -0.39 is 11.7 Å². The third kappa shape index (κ3) is 3.53. The number of hydrazine groups is 1. The van der Waals surface area contributed by atoms with Crippen LogP contribution in [0.15, 0.2) is 34.8 Å². The summed E-state index contributed by atoms with van der Waals surface area (Å²) < 4.78 is 13.7. The van der Waals surface area contributed by atoms with Crippen LogP contribution in [0.2, 0.25) is 5.02 Å². The van der Waals surface area contributed by atoms with Crippen LogP contribution in [-0.2, 0) is 0 Å². The first-order valence-corrected chi connectivity index (χ1v) is 7.12. The van der Waals surface area contributed by atoms with Gasteiger partial charge >= 0.3 is 0 Å². The number of carbonyl (C=O) groups is 1. The summed E-state index contributed by atoms with van der Waals surface area (Å²) in [6.45, 7) is 1.70. The predicted octanol–water partition coefficient (Wildman–Crippen LogP) is 4.09. The van der Waals surface area contributed by atoms with Crippen molar-refractivity contribution in [2.24, 2.45) is 5.84 Å². The maximum atomic E-state index is 13.4. The van der Waals surface area contributed by atoms with E-state index in [1.807, 2.05) is 0 Å². The molecule has 0 bridgehead atoms. The third-order valence-electron chi connectivity index (χ3n) is 2.90. The third-order valence-corrected chi connectivity index (χ3v) is 3.74. The standard InChI is InChI=1S/C14H12BrClFN3O/c1-7-4-11(17)10(15)6-13(7)19-14(21)9-5-8(16)2-3-12(9)20-18/h2-6,20H,18H2,1H3,(H,19,21). The summed E-state index contributed by atoms with van der Waals surface area (Å²) in [4.78, 5) is 12.3. The summed E-state index contributed by atoms with van der Waals surface area (Å²) in [6.07, 6.45) is 0. The van der Waals surface area contributed by atoms with E-state index >= 15 is 0 Å². The number of rotatable bonds is 3. The second-order valence-corrected chi connectivity index (χ2v) is 5.66. The first-order valence-electron chi connectivity index (χ1n) is 5.95. The average Bonchev–Trinajstić information content (AvgIpc) is 2.44. The monoisotopic (exact) mass is 371 g/mol. The van der Waals surface area contributed by atoms with Gasteiger partial charge in [-0.2, -0.15) is 0 Å². The second-order valence-electron chi connectivity index (χ2n) is 4.37. The van der Waals surface area contributed by atoms with Gasteiger partial charge in [0.25, 0.3) is 5.91 Å². The highest BCUT2D eigenvalue weighted by Gasteiger charge is 2.14. The minimum absolute atomic E-state index is 0.270. The van der Waals surface area contributed by atoms with Crippen molar-refractivity contribution in [1.29, 1.82) is 0 Å². The van der Waals surface area contributed by atoms with Gasteiger partial charge in [-0.3, -0.25) is 10.6 Å². The van der Waals surface area contributed by atoms with Crippen LogP contribution >= 0.6 is 27.5 Å². The van der Waals surface area contributed by atoms with E-state index in [-0.39, 0.29) is 4.47 Å². The van der Waals surface area contributed by atoms with Crippen molar-refractivity contribution >= 4 is 44.8 Å². The van der Waals surface area contributed by atoms with Gasteiger partial charge < -0.3 is 10.7 Å². The number of hydrogen-bond donors (Lipinski definition) is 3. The van der Waals surface area contributed by atoms with Crippen molar-refractivity contribution in [2.75, 3.05) is 10.7 Å². The van der Waals surface area contributed by atoms with E-state index in [4.69, 9.17) is 17.4 Å². The van der Waals surface area contributed by atoms with E-state index in [0.717, 1.165) is 0 Å². The van der Waals surface area contributed by atoms with Crippen molar-refractivity contribution in [3.8, 4) is 0 Å². The molecule has 110 valence electrons. The lowest BCUT2D eigenvalue weighted by molar-refractivity contribution is 0.102. The van der Waals surface area contributed by atoms with E-state index in [9.17, 15) is 9.18 Å². The molecule has 2 aromatic carbocycles. The molecule has 0 atom stereocenters. The van der Waals surface area contributed by atoms with Crippen molar-refractivity contribution in [2.45, 2.75) is 6.92 Å². The van der Waals surface area contributed by atoms with Gasteiger partial charge in [0.15, 0.2) is 0 Å². The second kappa shape index (κ2) is 6.43. The molecule has 0 heterocycles. The van der Waals surface area contributed by atoms with Crippen LogP contribution in [0.3, 0.4) is 0 Å². The fourth-order valence-electron chi connectivity index (χ4n) is 1.80. The van der Waals surface area contributed by atoms with E-state index in [2.05, 4.69) is 26.7 Å². The fourth-order valence-corrected chi connectivity index (χ4v) is 2.32. The van der Waals surface area contributed by atoms with Gasteiger partial charge in [-0.25, -0.2) is 4.39 Å².